The maximum absolute atomic E-state index is 13.2. The molecule has 1 aromatic heterocycles. The topological polar surface area (TPSA) is 97.7 Å². The summed E-state index contributed by atoms with van der Waals surface area (Å²) >= 11 is 0.952. The Morgan fingerprint density at radius 3 is 2.76 bits per heavy atom. The summed E-state index contributed by atoms with van der Waals surface area (Å²) in [5, 5.41) is 0. The molecule has 0 spiro atoms. The van der Waals surface area contributed by atoms with Gasteiger partial charge in [0, 0.05) is 19.1 Å². The molecule has 3 aromatic rings. The molecule has 5 rings (SSSR count). The Morgan fingerprint density at radius 1 is 1.15 bits per heavy atom. The van der Waals surface area contributed by atoms with E-state index in [4.69, 9.17) is 4.74 Å². The van der Waals surface area contributed by atoms with Gasteiger partial charge >= 0.3 is 4.87 Å². The predicted octanol–water partition coefficient (Wildman–Crippen LogP) is 2.28. The number of hydrogen-bond donors (Lipinski definition) is 1. The minimum atomic E-state index is -3.78. The van der Waals surface area contributed by atoms with E-state index in [1.54, 1.807) is 11.0 Å². The molecule has 1 N–H and O–H groups in total. The number of fused-ring (bicyclic) bond motifs is 2. The van der Waals surface area contributed by atoms with E-state index in [0.29, 0.717) is 36.5 Å². The number of nitrogens with zero attached hydrogens (tertiary/aromatic N) is 2. The van der Waals surface area contributed by atoms with Crippen LogP contribution in [0, 0.1) is 0 Å². The lowest BCUT2D eigenvalue weighted by Crippen LogP contribution is -2.43. The van der Waals surface area contributed by atoms with Crippen LogP contribution in [0.2, 0.25) is 0 Å². The van der Waals surface area contributed by atoms with Crippen LogP contribution in [0.25, 0.3) is 10.2 Å². The van der Waals surface area contributed by atoms with Crippen molar-refractivity contribution in [2.75, 3.05) is 26.3 Å². The Morgan fingerprint density at radius 2 is 1.94 bits per heavy atom. The lowest BCUT2D eigenvalue weighted by atomic mass is 9.88. The van der Waals surface area contributed by atoms with Gasteiger partial charge in [-0.05, 0) is 48.6 Å². The molecule has 1 atom stereocenters. The molecule has 1 fully saturated rings. The number of thiazole rings is 1. The molecule has 2 heterocycles. The molecule has 0 bridgehead atoms. The second kappa shape index (κ2) is 9.02. The van der Waals surface area contributed by atoms with Crippen LogP contribution in [-0.2, 0) is 32.5 Å². The predicted molar refractivity (Wildman–Crippen MR) is 126 cm³/mol. The van der Waals surface area contributed by atoms with Crippen molar-refractivity contribution in [1.29, 1.82) is 0 Å². The second-order valence-corrected chi connectivity index (χ2v) is 11.0. The molecule has 1 aliphatic heterocycles. The Balaban J connectivity index is 1.40. The number of hydrogen-bond acceptors (Lipinski definition) is 6. The van der Waals surface area contributed by atoms with Gasteiger partial charge in [0.1, 0.15) is 6.54 Å². The molecule has 174 valence electrons. The molecule has 0 unspecified atom stereocenters. The van der Waals surface area contributed by atoms with Gasteiger partial charge < -0.3 is 9.64 Å². The van der Waals surface area contributed by atoms with Crippen molar-refractivity contribution in [1.82, 2.24) is 14.2 Å². The third kappa shape index (κ3) is 4.48. The number of aryl methyl sites for hydroxylation is 1. The standard InChI is InChI=1S/C23H25N3O5S2/c27-22(25-10-12-31-13-11-25)15-26-20-9-8-17(14-21(20)32-23(26)28)33(29,30)24-19-7-3-5-16-4-1-2-6-18(16)19/h1-2,4,6,8-9,14,19,24H,3,5,7,10-13,15H2/t19-/m1/s1. The van der Waals surface area contributed by atoms with Crippen molar-refractivity contribution >= 4 is 37.5 Å². The Bertz CT molecular complexity index is 1360. The number of aromatic nitrogens is 1. The molecule has 10 heteroatoms. The number of morpholine rings is 1. The summed E-state index contributed by atoms with van der Waals surface area (Å²) in [7, 11) is -3.78. The van der Waals surface area contributed by atoms with Gasteiger partial charge in [-0.25, -0.2) is 13.1 Å². The molecule has 0 radical (unpaired) electrons. The number of carbonyl (C=O) groups is 1. The monoisotopic (exact) mass is 487 g/mol. The Labute approximate surface area is 195 Å². The maximum atomic E-state index is 13.2. The van der Waals surface area contributed by atoms with Crippen LogP contribution in [0.1, 0.15) is 30.0 Å². The van der Waals surface area contributed by atoms with Crippen molar-refractivity contribution in [2.45, 2.75) is 36.7 Å². The van der Waals surface area contributed by atoms with Crippen LogP contribution in [0.5, 0.6) is 0 Å². The normalized spacial score (nSPS) is 18.9. The van der Waals surface area contributed by atoms with Gasteiger partial charge in [0.2, 0.25) is 15.9 Å². The number of ether oxygens (including phenoxy) is 1. The molecule has 1 amide bonds. The number of benzene rings is 2. The lowest BCUT2D eigenvalue weighted by molar-refractivity contribution is -0.135. The Kier molecular flexibility index (Phi) is 6.09. The minimum absolute atomic E-state index is 0.0674. The highest BCUT2D eigenvalue weighted by molar-refractivity contribution is 7.89. The third-order valence-electron chi connectivity index (χ3n) is 6.27. The third-order valence-corrected chi connectivity index (χ3v) is 8.69. The number of sulfonamides is 1. The highest BCUT2D eigenvalue weighted by Crippen LogP contribution is 2.31. The van der Waals surface area contributed by atoms with Crippen LogP contribution in [0.4, 0.5) is 0 Å². The van der Waals surface area contributed by atoms with E-state index in [0.717, 1.165) is 36.2 Å². The van der Waals surface area contributed by atoms with Gasteiger partial charge in [-0.3, -0.25) is 14.2 Å². The molecular formula is C23H25N3O5S2. The smallest absolute Gasteiger partial charge is 0.308 e. The van der Waals surface area contributed by atoms with E-state index in [1.165, 1.54) is 22.3 Å². The fraction of sp³-hybridized carbons (Fsp3) is 0.391. The number of nitrogens with one attached hydrogen (secondary N) is 1. The zero-order valence-corrected chi connectivity index (χ0v) is 19.7. The van der Waals surface area contributed by atoms with E-state index in [2.05, 4.69) is 4.72 Å². The van der Waals surface area contributed by atoms with Crippen molar-refractivity contribution in [3.05, 3.63) is 63.3 Å². The van der Waals surface area contributed by atoms with E-state index >= 15 is 0 Å². The molecule has 1 aliphatic carbocycles. The van der Waals surface area contributed by atoms with Gasteiger partial charge in [-0.15, -0.1) is 0 Å². The first-order valence-corrected chi connectivity index (χ1v) is 13.3. The minimum Gasteiger partial charge on any atom is -0.378 e. The first kappa shape index (κ1) is 22.3. The summed E-state index contributed by atoms with van der Waals surface area (Å²) in [6.07, 6.45) is 2.61. The van der Waals surface area contributed by atoms with E-state index < -0.39 is 10.0 Å². The molecule has 1 saturated heterocycles. The van der Waals surface area contributed by atoms with Gasteiger partial charge in [0.25, 0.3) is 0 Å². The Hall–Kier alpha value is -2.53. The van der Waals surface area contributed by atoms with Crippen molar-refractivity contribution in [2.24, 2.45) is 0 Å². The summed E-state index contributed by atoms with van der Waals surface area (Å²) in [4.78, 5) is 26.7. The SMILES string of the molecule is O=C(Cn1c(=O)sc2cc(S(=O)(=O)N[C@@H]3CCCc4ccccc43)ccc21)N1CCOCC1. The largest absolute Gasteiger partial charge is 0.378 e. The van der Waals surface area contributed by atoms with Gasteiger partial charge in [-0.1, -0.05) is 35.6 Å². The summed E-state index contributed by atoms with van der Waals surface area (Å²) in [6.45, 7) is 1.93. The molecular weight excluding hydrogens is 462 g/mol. The summed E-state index contributed by atoms with van der Waals surface area (Å²) in [5.74, 6) is -0.144. The van der Waals surface area contributed by atoms with Crippen molar-refractivity contribution in [3.63, 3.8) is 0 Å². The maximum Gasteiger partial charge on any atom is 0.308 e. The van der Waals surface area contributed by atoms with Crippen LogP contribution in [-0.4, -0.2) is 50.1 Å². The zero-order valence-electron chi connectivity index (χ0n) is 18.0. The van der Waals surface area contributed by atoms with Gasteiger partial charge in [0.15, 0.2) is 0 Å². The number of rotatable bonds is 5. The summed E-state index contributed by atoms with van der Waals surface area (Å²) in [6, 6.07) is 12.3. The summed E-state index contributed by atoms with van der Waals surface area (Å²) < 4.78 is 36.4. The van der Waals surface area contributed by atoms with Crippen LogP contribution < -0.4 is 9.60 Å². The van der Waals surface area contributed by atoms with E-state index in [1.807, 2.05) is 24.3 Å². The molecule has 33 heavy (non-hydrogen) atoms. The molecule has 8 nitrogen and oxygen atoms in total. The van der Waals surface area contributed by atoms with E-state index in [-0.39, 0.29) is 28.3 Å². The molecule has 0 saturated carbocycles. The highest BCUT2D eigenvalue weighted by Gasteiger charge is 2.26. The summed E-state index contributed by atoms with van der Waals surface area (Å²) in [5.41, 5.74) is 2.76. The van der Waals surface area contributed by atoms with Crippen molar-refractivity contribution < 1.29 is 17.9 Å². The van der Waals surface area contributed by atoms with Gasteiger partial charge in [0.05, 0.1) is 28.3 Å². The fourth-order valence-electron chi connectivity index (χ4n) is 4.54. The zero-order chi connectivity index (χ0) is 23.0. The highest BCUT2D eigenvalue weighted by atomic mass is 32.2. The first-order chi connectivity index (χ1) is 15.9. The van der Waals surface area contributed by atoms with Crippen LogP contribution >= 0.6 is 11.3 Å². The van der Waals surface area contributed by atoms with E-state index in [9.17, 15) is 18.0 Å². The van der Waals surface area contributed by atoms with Crippen LogP contribution in [0.15, 0.2) is 52.2 Å². The van der Waals surface area contributed by atoms with Crippen LogP contribution in [0.3, 0.4) is 0 Å². The average Bonchev–Trinajstić information content (AvgIpc) is 3.14. The molecule has 2 aliphatic rings. The lowest BCUT2D eigenvalue weighted by Gasteiger charge is -2.27. The average molecular weight is 488 g/mol. The number of carbonyl (C=O) groups excluding carboxylic acids is 1. The van der Waals surface area contributed by atoms with Gasteiger partial charge in [-0.2, -0.15) is 0 Å². The van der Waals surface area contributed by atoms with Crippen molar-refractivity contribution in [3.8, 4) is 0 Å². The fourth-order valence-corrected chi connectivity index (χ4v) is 6.82. The first-order valence-electron chi connectivity index (χ1n) is 11.0. The number of amides is 1. The second-order valence-electron chi connectivity index (χ2n) is 8.34. The quantitative estimate of drug-likeness (QED) is 0.596. The molecule has 2 aromatic carbocycles.